The van der Waals surface area contributed by atoms with Crippen LogP contribution in [0, 0.1) is 0 Å². The van der Waals surface area contributed by atoms with Crippen LogP contribution in [0.1, 0.15) is 29.0 Å². The quantitative estimate of drug-likeness (QED) is 0.875. The molecule has 1 saturated heterocycles. The molecule has 25 heavy (non-hydrogen) atoms. The standard InChI is InChI=1S/C18H19ClN2O4/c19-14-9-12(5-6-15(14)22)10-17(23)20-13-3-1-7-21(11-13)18(24)16-4-2-8-25-16/h2,4-6,8-9,13,22H,1,3,7,10-11H2,(H,20,23)/t13-/m1/s1. The molecule has 1 fully saturated rings. The molecule has 0 saturated carbocycles. The molecule has 1 aliphatic heterocycles. The van der Waals surface area contributed by atoms with E-state index >= 15 is 0 Å². The third-order valence-electron chi connectivity index (χ3n) is 4.18. The van der Waals surface area contributed by atoms with E-state index in [1.165, 1.54) is 12.3 Å². The fraction of sp³-hybridized carbons (Fsp3) is 0.333. The second-order valence-electron chi connectivity index (χ2n) is 6.10. The fourth-order valence-corrected chi connectivity index (χ4v) is 3.16. The summed E-state index contributed by atoms with van der Waals surface area (Å²) in [7, 11) is 0. The second-order valence-corrected chi connectivity index (χ2v) is 6.50. The number of hydrogen-bond donors (Lipinski definition) is 2. The van der Waals surface area contributed by atoms with Gasteiger partial charge in [0, 0.05) is 19.1 Å². The van der Waals surface area contributed by atoms with Crippen molar-refractivity contribution >= 4 is 23.4 Å². The van der Waals surface area contributed by atoms with Gasteiger partial charge in [0.15, 0.2) is 5.76 Å². The van der Waals surface area contributed by atoms with Crippen LogP contribution in [0.2, 0.25) is 5.02 Å². The number of nitrogens with one attached hydrogen (secondary N) is 1. The Bertz CT molecular complexity index is 760. The number of benzene rings is 1. The number of aromatic hydroxyl groups is 1. The van der Waals surface area contributed by atoms with Gasteiger partial charge in [0.1, 0.15) is 5.75 Å². The van der Waals surface area contributed by atoms with Gasteiger partial charge >= 0.3 is 0 Å². The highest BCUT2D eigenvalue weighted by Gasteiger charge is 2.26. The predicted molar refractivity (Wildman–Crippen MR) is 92.6 cm³/mol. The lowest BCUT2D eigenvalue weighted by Gasteiger charge is -2.32. The van der Waals surface area contributed by atoms with Crippen LogP contribution in [0.15, 0.2) is 41.0 Å². The van der Waals surface area contributed by atoms with Crippen molar-refractivity contribution in [3.63, 3.8) is 0 Å². The average Bonchev–Trinajstić information content (AvgIpc) is 3.12. The maximum atomic E-state index is 12.3. The topological polar surface area (TPSA) is 82.8 Å². The number of amides is 2. The van der Waals surface area contributed by atoms with E-state index in [4.69, 9.17) is 16.0 Å². The molecular weight excluding hydrogens is 344 g/mol. The number of phenolic OH excluding ortho intramolecular Hbond substituents is 1. The minimum atomic E-state index is -0.158. The number of rotatable bonds is 4. The van der Waals surface area contributed by atoms with E-state index in [2.05, 4.69) is 5.32 Å². The summed E-state index contributed by atoms with van der Waals surface area (Å²) in [5.74, 6) is 0.00390. The van der Waals surface area contributed by atoms with Crippen LogP contribution < -0.4 is 5.32 Å². The van der Waals surface area contributed by atoms with Gasteiger partial charge in [-0.25, -0.2) is 0 Å². The number of piperidine rings is 1. The fourth-order valence-electron chi connectivity index (χ4n) is 2.96. The van der Waals surface area contributed by atoms with E-state index < -0.39 is 0 Å². The molecule has 0 aliphatic carbocycles. The Morgan fingerprint density at radius 2 is 2.20 bits per heavy atom. The first-order valence-electron chi connectivity index (χ1n) is 8.12. The number of nitrogens with zero attached hydrogens (tertiary/aromatic N) is 1. The van der Waals surface area contributed by atoms with E-state index in [9.17, 15) is 14.7 Å². The van der Waals surface area contributed by atoms with E-state index in [-0.39, 0.29) is 35.0 Å². The molecule has 0 unspecified atom stereocenters. The lowest BCUT2D eigenvalue weighted by molar-refractivity contribution is -0.121. The van der Waals surface area contributed by atoms with Gasteiger partial charge in [-0.3, -0.25) is 9.59 Å². The van der Waals surface area contributed by atoms with E-state index in [0.29, 0.717) is 18.8 Å². The summed E-state index contributed by atoms with van der Waals surface area (Å²) < 4.78 is 5.15. The monoisotopic (exact) mass is 362 g/mol. The molecular formula is C18H19ClN2O4. The molecule has 7 heteroatoms. The second kappa shape index (κ2) is 7.61. The first-order chi connectivity index (χ1) is 12.0. The van der Waals surface area contributed by atoms with Crippen LogP contribution >= 0.6 is 11.6 Å². The van der Waals surface area contributed by atoms with Crippen molar-refractivity contribution in [2.45, 2.75) is 25.3 Å². The summed E-state index contributed by atoms with van der Waals surface area (Å²) in [6.07, 6.45) is 3.29. The molecule has 0 radical (unpaired) electrons. The number of hydrogen-bond acceptors (Lipinski definition) is 4. The first-order valence-corrected chi connectivity index (χ1v) is 8.50. The number of likely N-dealkylation sites (tertiary alicyclic amines) is 1. The molecule has 1 aliphatic rings. The molecule has 1 aromatic heterocycles. The zero-order chi connectivity index (χ0) is 17.8. The van der Waals surface area contributed by atoms with Crippen LogP contribution in [0.4, 0.5) is 0 Å². The Morgan fingerprint density at radius 1 is 1.36 bits per heavy atom. The number of carbonyl (C=O) groups excluding carboxylic acids is 2. The van der Waals surface area contributed by atoms with Gasteiger partial charge in [0.2, 0.25) is 5.91 Å². The van der Waals surface area contributed by atoms with Crippen molar-refractivity contribution in [2.75, 3.05) is 13.1 Å². The summed E-state index contributed by atoms with van der Waals surface area (Å²) in [5, 5.41) is 12.6. The molecule has 6 nitrogen and oxygen atoms in total. The SMILES string of the molecule is O=C(Cc1ccc(O)c(Cl)c1)N[C@@H]1CCCN(C(=O)c2ccco2)C1. The van der Waals surface area contributed by atoms with Crippen molar-refractivity contribution in [3.05, 3.63) is 52.9 Å². The van der Waals surface area contributed by atoms with Gasteiger partial charge in [-0.1, -0.05) is 17.7 Å². The number of halogens is 1. The Balaban J connectivity index is 1.55. The Labute approximate surface area is 150 Å². The third kappa shape index (κ3) is 4.33. The Hall–Kier alpha value is -2.47. The molecule has 2 heterocycles. The number of carbonyl (C=O) groups is 2. The lowest BCUT2D eigenvalue weighted by atomic mass is 10.0. The molecule has 2 aromatic rings. The smallest absolute Gasteiger partial charge is 0.289 e. The maximum absolute atomic E-state index is 12.3. The zero-order valence-electron chi connectivity index (χ0n) is 13.6. The summed E-state index contributed by atoms with van der Waals surface area (Å²) in [6, 6.07) is 7.93. The highest BCUT2D eigenvalue weighted by Crippen LogP contribution is 2.24. The summed E-state index contributed by atoms with van der Waals surface area (Å²) in [6.45, 7) is 1.11. The molecule has 1 aromatic carbocycles. The maximum Gasteiger partial charge on any atom is 0.289 e. The highest BCUT2D eigenvalue weighted by molar-refractivity contribution is 6.32. The largest absolute Gasteiger partial charge is 0.506 e. The Kier molecular flexibility index (Phi) is 5.28. The molecule has 1 atom stereocenters. The average molecular weight is 363 g/mol. The molecule has 2 amide bonds. The van der Waals surface area contributed by atoms with Gasteiger partial charge in [0.25, 0.3) is 5.91 Å². The van der Waals surface area contributed by atoms with E-state index in [0.717, 1.165) is 18.4 Å². The van der Waals surface area contributed by atoms with Gasteiger partial charge in [0.05, 0.1) is 17.7 Å². The third-order valence-corrected chi connectivity index (χ3v) is 4.49. The minimum Gasteiger partial charge on any atom is -0.506 e. The minimum absolute atomic E-state index is 0.00909. The van der Waals surface area contributed by atoms with Crippen LogP contribution in [-0.4, -0.2) is 41.0 Å². The molecule has 2 N–H and O–H groups in total. The van der Waals surface area contributed by atoms with Crippen LogP contribution in [0.5, 0.6) is 5.75 Å². The summed E-state index contributed by atoms with van der Waals surface area (Å²) >= 11 is 5.86. The molecule has 3 rings (SSSR count). The Morgan fingerprint density at radius 3 is 2.92 bits per heavy atom. The number of phenols is 1. The van der Waals surface area contributed by atoms with Crippen molar-refractivity contribution in [2.24, 2.45) is 0 Å². The van der Waals surface area contributed by atoms with Crippen molar-refractivity contribution in [1.82, 2.24) is 10.2 Å². The van der Waals surface area contributed by atoms with Crippen LogP contribution in [-0.2, 0) is 11.2 Å². The summed E-state index contributed by atoms with van der Waals surface area (Å²) in [4.78, 5) is 26.3. The number of furan rings is 1. The molecule has 132 valence electrons. The van der Waals surface area contributed by atoms with Crippen molar-refractivity contribution in [3.8, 4) is 5.75 Å². The first kappa shape index (κ1) is 17.4. The van der Waals surface area contributed by atoms with Gasteiger partial charge < -0.3 is 19.7 Å². The van der Waals surface area contributed by atoms with E-state index in [1.807, 2.05) is 0 Å². The van der Waals surface area contributed by atoms with E-state index in [1.54, 1.807) is 29.2 Å². The van der Waals surface area contributed by atoms with Gasteiger partial charge in [-0.2, -0.15) is 0 Å². The van der Waals surface area contributed by atoms with Crippen LogP contribution in [0.3, 0.4) is 0 Å². The lowest BCUT2D eigenvalue weighted by Crippen LogP contribution is -2.49. The normalized spacial score (nSPS) is 17.3. The zero-order valence-corrected chi connectivity index (χ0v) is 14.3. The van der Waals surface area contributed by atoms with Gasteiger partial charge in [-0.15, -0.1) is 0 Å². The van der Waals surface area contributed by atoms with Crippen LogP contribution in [0.25, 0.3) is 0 Å². The summed E-state index contributed by atoms with van der Waals surface area (Å²) in [5.41, 5.74) is 0.722. The highest BCUT2D eigenvalue weighted by atomic mass is 35.5. The predicted octanol–water partition coefficient (Wildman–Crippen LogP) is 2.60. The molecule has 0 spiro atoms. The van der Waals surface area contributed by atoms with Crippen molar-refractivity contribution < 1.29 is 19.1 Å². The molecule has 0 bridgehead atoms. The van der Waals surface area contributed by atoms with Gasteiger partial charge in [-0.05, 0) is 42.7 Å². The van der Waals surface area contributed by atoms with Crippen molar-refractivity contribution in [1.29, 1.82) is 0 Å².